The van der Waals surface area contributed by atoms with E-state index in [1.54, 1.807) is 0 Å². The molecule has 0 aliphatic carbocycles. The molecule has 1 aliphatic heterocycles. The highest BCUT2D eigenvalue weighted by Crippen LogP contribution is 1.91. The Bertz CT molecular complexity index is 202. The Hall–Kier alpha value is -0.690. The van der Waals surface area contributed by atoms with E-state index in [1.807, 2.05) is 0 Å². The lowest BCUT2D eigenvalue weighted by molar-refractivity contribution is -0.137. The van der Waals surface area contributed by atoms with Crippen LogP contribution in [0.15, 0.2) is 0 Å². The van der Waals surface area contributed by atoms with Gasteiger partial charge in [-0.2, -0.15) is 0 Å². The predicted molar refractivity (Wildman–Crippen MR) is 67.3 cm³/mol. The van der Waals surface area contributed by atoms with Gasteiger partial charge in [-0.05, 0) is 0 Å². The van der Waals surface area contributed by atoms with E-state index < -0.39 is 5.97 Å². The smallest absolute Gasteiger partial charge is 0.304 e. The first-order valence-corrected chi connectivity index (χ1v) is 6.35. The molecule has 1 saturated heterocycles. The summed E-state index contributed by atoms with van der Waals surface area (Å²) in [4.78, 5) is 12.8. The third-order valence-corrected chi connectivity index (χ3v) is 2.81. The molecule has 0 aromatic heterocycles. The van der Waals surface area contributed by atoms with Crippen LogP contribution in [-0.2, 0) is 4.79 Å². The Morgan fingerprint density at radius 3 is 1.88 bits per heavy atom. The molecule has 0 unspecified atom stereocenters. The topological polar surface area (TPSA) is 76.6 Å². The fourth-order valence-corrected chi connectivity index (χ4v) is 1.79. The molecule has 0 saturated carbocycles. The molecule has 0 spiro atoms. The van der Waals surface area contributed by atoms with E-state index in [2.05, 4.69) is 20.9 Å². The number of nitrogens with one attached hydrogen (secondary N) is 3. The van der Waals surface area contributed by atoms with Crippen LogP contribution >= 0.6 is 0 Å². The van der Waals surface area contributed by atoms with Crippen molar-refractivity contribution in [2.75, 3.05) is 58.9 Å². The second kappa shape index (κ2) is 9.35. The SMILES string of the molecule is O=C(O)CCN1CCNCCNCCNCC1. The molecule has 6 nitrogen and oxygen atoms in total. The van der Waals surface area contributed by atoms with Crippen LogP contribution < -0.4 is 16.0 Å². The van der Waals surface area contributed by atoms with E-state index in [1.165, 1.54) is 0 Å². The number of rotatable bonds is 3. The molecular formula is C11H24N4O2. The van der Waals surface area contributed by atoms with Gasteiger partial charge in [-0.1, -0.05) is 0 Å². The molecule has 6 heteroatoms. The lowest BCUT2D eigenvalue weighted by Gasteiger charge is -2.22. The molecule has 100 valence electrons. The van der Waals surface area contributed by atoms with Crippen molar-refractivity contribution in [2.24, 2.45) is 0 Å². The van der Waals surface area contributed by atoms with E-state index in [0.717, 1.165) is 52.4 Å². The van der Waals surface area contributed by atoms with E-state index >= 15 is 0 Å². The number of carbonyl (C=O) groups is 1. The molecule has 1 aliphatic rings. The molecule has 0 bridgehead atoms. The first kappa shape index (κ1) is 14.4. The third kappa shape index (κ3) is 8.09. The molecular weight excluding hydrogens is 220 g/mol. The van der Waals surface area contributed by atoms with Crippen molar-refractivity contribution in [3.05, 3.63) is 0 Å². The van der Waals surface area contributed by atoms with E-state index in [9.17, 15) is 4.79 Å². The van der Waals surface area contributed by atoms with Gasteiger partial charge in [0, 0.05) is 58.9 Å². The van der Waals surface area contributed by atoms with Gasteiger partial charge in [-0.15, -0.1) is 0 Å². The highest BCUT2D eigenvalue weighted by atomic mass is 16.4. The van der Waals surface area contributed by atoms with Gasteiger partial charge in [0.25, 0.3) is 0 Å². The molecule has 0 atom stereocenters. The minimum Gasteiger partial charge on any atom is -0.481 e. The zero-order valence-corrected chi connectivity index (χ0v) is 10.4. The van der Waals surface area contributed by atoms with Crippen molar-refractivity contribution in [1.82, 2.24) is 20.9 Å². The van der Waals surface area contributed by atoms with Gasteiger partial charge < -0.3 is 26.0 Å². The summed E-state index contributed by atoms with van der Waals surface area (Å²) >= 11 is 0. The van der Waals surface area contributed by atoms with Crippen LogP contribution in [0.5, 0.6) is 0 Å². The number of hydrogen-bond acceptors (Lipinski definition) is 5. The van der Waals surface area contributed by atoms with E-state index in [0.29, 0.717) is 6.54 Å². The first-order chi connectivity index (χ1) is 8.29. The summed E-state index contributed by atoms with van der Waals surface area (Å²) in [7, 11) is 0. The Kier molecular flexibility index (Phi) is 7.91. The minimum atomic E-state index is -0.721. The van der Waals surface area contributed by atoms with Gasteiger partial charge in [0.2, 0.25) is 0 Å². The fourth-order valence-electron chi connectivity index (χ4n) is 1.79. The van der Waals surface area contributed by atoms with Crippen LogP contribution in [0.4, 0.5) is 0 Å². The highest BCUT2D eigenvalue weighted by Gasteiger charge is 2.07. The Morgan fingerprint density at radius 2 is 1.41 bits per heavy atom. The van der Waals surface area contributed by atoms with Gasteiger partial charge in [0.1, 0.15) is 0 Å². The second-order valence-corrected chi connectivity index (χ2v) is 4.24. The zero-order chi connectivity index (χ0) is 12.3. The maximum atomic E-state index is 10.6. The lowest BCUT2D eigenvalue weighted by Crippen LogP contribution is -2.42. The average molecular weight is 244 g/mol. The van der Waals surface area contributed by atoms with E-state index in [-0.39, 0.29) is 6.42 Å². The fraction of sp³-hybridized carbons (Fsp3) is 0.909. The average Bonchev–Trinajstić information content (AvgIpc) is 2.28. The summed E-state index contributed by atoms with van der Waals surface area (Å²) in [6.07, 6.45) is 0.224. The molecule has 0 radical (unpaired) electrons. The summed E-state index contributed by atoms with van der Waals surface area (Å²) in [5.41, 5.74) is 0. The van der Waals surface area contributed by atoms with E-state index in [4.69, 9.17) is 5.11 Å². The summed E-state index contributed by atoms with van der Waals surface area (Å²) in [5.74, 6) is -0.721. The molecule has 0 aromatic rings. The monoisotopic (exact) mass is 244 g/mol. The van der Waals surface area contributed by atoms with Crippen LogP contribution in [-0.4, -0.2) is 74.9 Å². The highest BCUT2D eigenvalue weighted by molar-refractivity contribution is 5.66. The van der Waals surface area contributed by atoms with Crippen LogP contribution in [0.3, 0.4) is 0 Å². The van der Waals surface area contributed by atoms with Gasteiger partial charge in [-0.25, -0.2) is 0 Å². The third-order valence-electron chi connectivity index (χ3n) is 2.81. The van der Waals surface area contributed by atoms with Crippen molar-refractivity contribution >= 4 is 5.97 Å². The van der Waals surface area contributed by atoms with Gasteiger partial charge in [-0.3, -0.25) is 4.79 Å². The zero-order valence-electron chi connectivity index (χ0n) is 10.4. The van der Waals surface area contributed by atoms with Crippen LogP contribution in [0.1, 0.15) is 6.42 Å². The van der Waals surface area contributed by atoms with Crippen molar-refractivity contribution in [2.45, 2.75) is 6.42 Å². The van der Waals surface area contributed by atoms with Gasteiger partial charge >= 0.3 is 5.97 Å². The maximum Gasteiger partial charge on any atom is 0.304 e. The Labute approximate surface area is 103 Å². The van der Waals surface area contributed by atoms with Crippen LogP contribution in [0.2, 0.25) is 0 Å². The van der Waals surface area contributed by atoms with Crippen molar-refractivity contribution in [1.29, 1.82) is 0 Å². The first-order valence-electron chi connectivity index (χ1n) is 6.35. The van der Waals surface area contributed by atoms with Crippen molar-refractivity contribution in [3.63, 3.8) is 0 Å². The van der Waals surface area contributed by atoms with Gasteiger partial charge in [0.15, 0.2) is 0 Å². The summed E-state index contributed by atoms with van der Waals surface area (Å²) < 4.78 is 0. The van der Waals surface area contributed by atoms with Gasteiger partial charge in [0.05, 0.1) is 6.42 Å². The maximum absolute atomic E-state index is 10.6. The number of carboxylic acid groups (broad SMARTS) is 1. The second-order valence-electron chi connectivity index (χ2n) is 4.24. The van der Waals surface area contributed by atoms with Crippen molar-refractivity contribution in [3.8, 4) is 0 Å². The lowest BCUT2D eigenvalue weighted by atomic mass is 10.3. The normalized spacial score (nSPS) is 21.4. The quantitative estimate of drug-likeness (QED) is 0.486. The Morgan fingerprint density at radius 1 is 0.941 bits per heavy atom. The Balaban J connectivity index is 2.24. The summed E-state index contributed by atoms with van der Waals surface area (Å²) in [6, 6.07) is 0. The molecule has 1 rings (SSSR count). The largest absolute Gasteiger partial charge is 0.481 e. The number of aliphatic carboxylic acids is 1. The molecule has 1 fully saturated rings. The summed E-state index contributed by atoms with van der Waals surface area (Å²) in [5, 5.41) is 18.7. The predicted octanol–water partition coefficient (Wildman–Crippen LogP) is -1.45. The number of hydrogen-bond donors (Lipinski definition) is 4. The number of nitrogens with zero attached hydrogens (tertiary/aromatic N) is 1. The summed E-state index contributed by atoms with van der Waals surface area (Å²) in [6.45, 7) is 8.19. The van der Waals surface area contributed by atoms with Crippen LogP contribution in [0.25, 0.3) is 0 Å². The molecule has 1 heterocycles. The van der Waals surface area contributed by atoms with Crippen LogP contribution in [0, 0.1) is 0 Å². The minimum absolute atomic E-state index is 0.224. The molecule has 4 N–H and O–H groups in total. The molecule has 0 amide bonds. The molecule has 17 heavy (non-hydrogen) atoms. The van der Waals surface area contributed by atoms with Crippen molar-refractivity contribution < 1.29 is 9.90 Å². The molecule has 0 aromatic carbocycles. The number of carboxylic acids is 1. The standard InChI is InChI=1S/C11H24N4O2/c16-11(17)1-8-15-9-6-13-4-2-12-3-5-14-7-10-15/h12-14H,1-10H2,(H,16,17).